The van der Waals surface area contributed by atoms with Gasteiger partial charge in [-0.15, -0.1) is 0 Å². The fourth-order valence-electron chi connectivity index (χ4n) is 2.12. The summed E-state index contributed by atoms with van der Waals surface area (Å²) < 4.78 is 36.9. The van der Waals surface area contributed by atoms with Crippen LogP contribution in [-0.4, -0.2) is 26.7 Å². The molecule has 0 bridgehead atoms. The molecule has 6 heteroatoms. The third-order valence-corrected chi connectivity index (χ3v) is 3.32. The number of halogens is 2. The summed E-state index contributed by atoms with van der Waals surface area (Å²) in [5, 5.41) is 2.56. The number of carbonyl (C=O) groups excluding carboxylic acids is 1. The van der Waals surface area contributed by atoms with E-state index in [9.17, 15) is 13.6 Å². The highest BCUT2D eigenvalue weighted by Gasteiger charge is 2.12. The van der Waals surface area contributed by atoms with Gasteiger partial charge in [0, 0.05) is 6.54 Å². The van der Waals surface area contributed by atoms with Crippen LogP contribution in [-0.2, 0) is 6.42 Å². The molecule has 2 rings (SSSR count). The van der Waals surface area contributed by atoms with E-state index in [-0.39, 0.29) is 12.1 Å². The van der Waals surface area contributed by atoms with E-state index in [1.54, 1.807) is 19.2 Å². The molecule has 2 aromatic carbocycles. The van der Waals surface area contributed by atoms with E-state index >= 15 is 0 Å². The number of ether oxygens (including phenoxy) is 2. The van der Waals surface area contributed by atoms with Crippen molar-refractivity contribution in [2.75, 3.05) is 20.8 Å². The highest BCUT2D eigenvalue weighted by Crippen LogP contribution is 2.27. The molecule has 0 saturated heterocycles. The number of hydrogen-bond acceptors (Lipinski definition) is 3. The molecule has 0 unspecified atom stereocenters. The van der Waals surface area contributed by atoms with E-state index < -0.39 is 17.5 Å². The number of nitrogens with one attached hydrogen (secondary N) is 1. The third-order valence-electron chi connectivity index (χ3n) is 3.32. The molecular formula is C17H17F2NO3. The van der Waals surface area contributed by atoms with Crippen molar-refractivity contribution in [1.82, 2.24) is 5.32 Å². The molecule has 0 atom stereocenters. The Bertz CT molecular complexity index is 704. The molecule has 23 heavy (non-hydrogen) atoms. The van der Waals surface area contributed by atoms with E-state index in [2.05, 4.69) is 5.32 Å². The standard InChI is InChI=1S/C17H17F2NO3/c1-22-15-6-3-11(9-16(15)23-2)7-8-20-17(21)13-10-12(18)4-5-14(13)19/h3-6,9-10H,7-8H2,1-2H3,(H,20,21). The lowest BCUT2D eigenvalue weighted by atomic mass is 10.1. The average molecular weight is 321 g/mol. The van der Waals surface area contributed by atoms with E-state index in [0.717, 1.165) is 23.8 Å². The van der Waals surface area contributed by atoms with Crippen LogP contribution < -0.4 is 14.8 Å². The summed E-state index contributed by atoms with van der Waals surface area (Å²) in [5.74, 6) is -0.858. The summed E-state index contributed by atoms with van der Waals surface area (Å²) in [6.45, 7) is 0.282. The minimum atomic E-state index is -0.755. The van der Waals surface area contributed by atoms with Crippen molar-refractivity contribution >= 4 is 5.91 Å². The molecule has 0 aliphatic rings. The van der Waals surface area contributed by atoms with Gasteiger partial charge in [-0.1, -0.05) is 6.07 Å². The van der Waals surface area contributed by atoms with Gasteiger partial charge in [-0.05, 0) is 42.3 Å². The summed E-state index contributed by atoms with van der Waals surface area (Å²) in [5.41, 5.74) is 0.611. The monoisotopic (exact) mass is 321 g/mol. The van der Waals surface area contributed by atoms with Crippen LogP contribution in [0.3, 0.4) is 0 Å². The van der Waals surface area contributed by atoms with Crippen LogP contribution >= 0.6 is 0 Å². The van der Waals surface area contributed by atoms with E-state index in [0.29, 0.717) is 17.9 Å². The molecule has 0 aliphatic carbocycles. The molecule has 0 aliphatic heterocycles. The Morgan fingerprint density at radius 3 is 2.48 bits per heavy atom. The van der Waals surface area contributed by atoms with Gasteiger partial charge in [-0.25, -0.2) is 8.78 Å². The minimum Gasteiger partial charge on any atom is -0.493 e. The minimum absolute atomic E-state index is 0.282. The number of carbonyl (C=O) groups is 1. The van der Waals surface area contributed by atoms with Crippen LogP contribution in [0.5, 0.6) is 11.5 Å². The highest BCUT2D eigenvalue weighted by molar-refractivity contribution is 5.94. The Morgan fingerprint density at radius 2 is 1.78 bits per heavy atom. The Kier molecular flexibility index (Phi) is 5.51. The van der Waals surface area contributed by atoms with Crippen LogP contribution in [0.2, 0.25) is 0 Å². The molecule has 0 fully saturated rings. The van der Waals surface area contributed by atoms with Gasteiger partial charge in [0.2, 0.25) is 0 Å². The lowest BCUT2D eigenvalue weighted by molar-refractivity contribution is 0.0949. The molecule has 1 N–H and O–H groups in total. The van der Waals surface area contributed by atoms with Gasteiger partial charge in [0.1, 0.15) is 11.6 Å². The molecule has 0 radical (unpaired) electrons. The summed E-state index contributed by atoms with van der Waals surface area (Å²) in [4.78, 5) is 11.9. The average Bonchev–Trinajstić information content (AvgIpc) is 2.56. The largest absolute Gasteiger partial charge is 0.493 e. The first-order valence-corrected chi connectivity index (χ1v) is 6.99. The lowest BCUT2D eigenvalue weighted by Crippen LogP contribution is -2.26. The smallest absolute Gasteiger partial charge is 0.254 e. The zero-order valence-electron chi connectivity index (χ0n) is 12.9. The molecule has 4 nitrogen and oxygen atoms in total. The van der Waals surface area contributed by atoms with Gasteiger partial charge >= 0.3 is 0 Å². The number of rotatable bonds is 6. The van der Waals surface area contributed by atoms with Gasteiger partial charge in [0.15, 0.2) is 11.5 Å². The third kappa shape index (κ3) is 4.18. The summed E-state index contributed by atoms with van der Waals surface area (Å²) in [6.07, 6.45) is 0.517. The first-order chi connectivity index (χ1) is 11.0. The van der Waals surface area contributed by atoms with Gasteiger partial charge in [0.05, 0.1) is 19.8 Å². The first kappa shape index (κ1) is 16.7. The number of hydrogen-bond donors (Lipinski definition) is 1. The number of amides is 1. The molecule has 122 valence electrons. The SMILES string of the molecule is COc1ccc(CCNC(=O)c2cc(F)ccc2F)cc1OC. The zero-order chi connectivity index (χ0) is 16.8. The first-order valence-electron chi connectivity index (χ1n) is 6.99. The maximum Gasteiger partial charge on any atom is 0.254 e. The second kappa shape index (κ2) is 7.58. The van der Waals surface area contributed by atoms with E-state index in [1.807, 2.05) is 6.07 Å². The normalized spacial score (nSPS) is 10.3. The number of benzene rings is 2. The van der Waals surface area contributed by atoms with Crippen LogP contribution in [0.25, 0.3) is 0 Å². The lowest BCUT2D eigenvalue weighted by Gasteiger charge is -2.10. The van der Waals surface area contributed by atoms with Gasteiger partial charge in [-0.2, -0.15) is 0 Å². The zero-order valence-corrected chi connectivity index (χ0v) is 12.9. The van der Waals surface area contributed by atoms with Crippen LogP contribution in [0.15, 0.2) is 36.4 Å². The van der Waals surface area contributed by atoms with Crippen molar-refractivity contribution in [2.45, 2.75) is 6.42 Å². The summed E-state index contributed by atoms with van der Waals surface area (Å²) >= 11 is 0. The topological polar surface area (TPSA) is 47.6 Å². The maximum absolute atomic E-state index is 13.5. The molecule has 0 heterocycles. The van der Waals surface area contributed by atoms with E-state index in [1.165, 1.54) is 7.11 Å². The van der Waals surface area contributed by atoms with Crippen molar-refractivity contribution in [3.8, 4) is 11.5 Å². The Hall–Kier alpha value is -2.63. The molecule has 0 spiro atoms. The second-order valence-electron chi connectivity index (χ2n) is 4.82. The predicted molar refractivity (Wildman–Crippen MR) is 81.9 cm³/mol. The Morgan fingerprint density at radius 1 is 1.04 bits per heavy atom. The Balaban J connectivity index is 1.97. The number of methoxy groups -OCH3 is 2. The van der Waals surface area contributed by atoms with Gasteiger partial charge < -0.3 is 14.8 Å². The summed E-state index contributed by atoms with van der Waals surface area (Å²) in [6, 6.07) is 8.18. The van der Waals surface area contributed by atoms with Crippen molar-refractivity contribution in [3.05, 3.63) is 59.2 Å². The van der Waals surface area contributed by atoms with Gasteiger partial charge in [0.25, 0.3) is 5.91 Å². The maximum atomic E-state index is 13.5. The fourth-order valence-corrected chi connectivity index (χ4v) is 2.12. The van der Waals surface area contributed by atoms with Crippen LogP contribution in [0, 0.1) is 11.6 Å². The molecule has 2 aromatic rings. The van der Waals surface area contributed by atoms with Crippen LogP contribution in [0.1, 0.15) is 15.9 Å². The predicted octanol–water partition coefficient (Wildman–Crippen LogP) is 2.95. The summed E-state index contributed by atoms with van der Waals surface area (Å²) in [7, 11) is 3.08. The van der Waals surface area contributed by atoms with Crippen molar-refractivity contribution in [2.24, 2.45) is 0 Å². The quantitative estimate of drug-likeness (QED) is 0.890. The van der Waals surface area contributed by atoms with E-state index in [4.69, 9.17) is 9.47 Å². The molecular weight excluding hydrogens is 304 g/mol. The highest BCUT2D eigenvalue weighted by atomic mass is 19.1. The van der Waals surface area contributed by atoms with Crippen molar-refractivity contribution in [3.63, 3.8) is 0 Å². The Labute approximate surface area is 133 Å². The second-order valence-corrected chi connectivity index (χ2v) is 4.82. The van der Waals surface area contributed by atoms with Crippen LogP contribution in [0.4, 0.5) is 8.78 Å². The molecule has 0 saturated carbocycles. The molecule has 0 aromatic heterocycles. The van der Waals surface area contributed by atoms with Crippen molar-refractivity contribution in [1.29, 1.82) is 0 Å². The fraction of sp³-hybridized carbons (Fsp3) is 0.235. The van der Waals surface area contributed by atoms with Crippen molar-refractivity contribution < 1.29 is 23.0 Å². The molecule has 1 amide bonds. The van der Waals surface area contributed by atoms with Gasteiger partial charge in [-0.3, -0.25) is 4.79 Å².